The minimum Gasteiger partial charge on any atom is -0.314 e. The molecular weight excluding hydrogens is 265 g/mol. The molecule has 0 fully saturated rings. The summed E-state index contributed by atoms with van der Waals surface area (Å²) in [5, 5.41) is 6.05. The van der Waals surface area contributed by atoms with Gasteiger partial charge in [-0.05, 0) is 21.9 Å². The van der Waals surface area contributed by atoms with E-state index in [1.807, 2.05) is 0 Å². The van der Waals surface area contributed by atoms with Gasteiger partial charge in [0.25, 0.3) is 0 Å². The highest BCUT2D eigenvalue weighted by atomic mass is 35.5. The van der Waals surface area contributed by atoms with Crippen molar-refractivity contribution >= 4 is 34.0 Å². The summed E-state index contributed by atoms with van der Waals surface area (Å²) in [6.07, 6.45) is 0. The number of fused-ring (bicyclic) bond motifs is 3. The van der Waals surface area contributed by atoms with E-state index < -0.39 is 0 Å². The number of halogens is 2. The third kappa shape index (κ3) is 2.11. The van der Waals surface area contributed by atoms with Gasteiger partial charge < -0.3 is 5.32 Å². The summed E-state index contributed by atoms with van der Waals surface area (Å²) in [5.74, 6) is 1.04. The van der Waals surface area contributed by atoms with Crippen LogP contribution in [0, 0.1) is 0 Å². The molecule has 0 bridgehead atoms. The van der Waals surface area contributed by atoms with Gasteiger partial charge in [0.2, 0.25) is 0 Å². The van der Waals surface area contributed by atoms with Gasteiger partial charge in [-0.2, -0.15) is 0 Å². The Morgan fingerprint density at radius 2 is 2.00 bits per heavy atom. The summed E-state index contributed by atoms with van der Waals surface area (Å²) >= 11 is 12.1. The molecule has 0 aliphatic heterocycles. The highest BCUT2D eigenvalue weighted by Gasteiger charge is 2.39. The second kappa shape index (κ2) is 5.08. The van der Waals surface area contributed by atoms with Gasteiger partial charge in [0, 0.05) is 24.9 Å². The Bertz CT molecular complexity index is 567. The molecule has 2 unspecified atom stereocenters. The maximum atomic E-state index is 6.47. The average molecular weight is 280 g/mol. The third-order valence-corrected chi connectivity index (χ3v) is 4.13. The van der Waals surface area contributed by atoms with Gasteiger partial charge in [0.05, 0.1) is 5.38 Å². The Kier molecular flexibility index (Phi) is 3.47. The van der Waals surface area contributed by atoms with Gasteiger partial charge in [0.15, 0.2) is 0 Å². The molecule has 0 spiro atoms. The molecule has 1 N–H and O–H groups in total. The minimum atomic E-state index is 0.119. The highest BCUT2D eigenvalue weighted by molar-refractivity contribution is 6.22. The van der Waals surface area contributed by atoms with Gasteiger partial charge in [-0.25, -0.2) is 0 Å². The van der Waals surface area contributed by atoms with Crippen molar-refractivity contribution in [1.82, 2.24) is 5.32 Å². The van der Waals surface area contributed by atoms with Crippen molar-refractivity contribution in [2.24, 2.45) is 0 Å². The molecule has 18 heavy (non-hydrogen) atoms. The van der Waals surface area contributed by atoms with E-state index in [0.29, 0.717) is 11.8 Å². The largest absolute Gasteiger partial charge is 0.314 e. The summed E-state index contributed by atoms with van der Waals surface area (Å²) in [6, 6.07) is 12.9. The third-order valence-electron chi connectivity index (χ3n) is 3.54. The molecule has 0 aromatic heterocycles. The van der Waals surface area contributed by atoms with E-state index in [2.05, 4.69) is 41.7 Å². The molecule has 1 aliphatic rings. The molecule has 3 heteroatoms. The first-order valence-corrected chi connectivity index (χ1v) is 7.22. The first-order valence-electron chi connectivity index (χ1n) is 6.25. The first kappa shape index (κ1) is 12.3. The van der Waals surface area contributed by atoms with Gasteiger partial charge >= 0.3 is 0 Å². The molecule has 2 aromatic rings. The van der Waals surface area contributed by atoms with Gasteiger partial charge in [-0.3, -0.25) is 0 Å². The summed E-state index contributed by atoms with van der Waals surface area (Å²) in [5.41, 5.74) is 2.84. The molecular formula is C15H15Cl2N. The van der Waals surface area contributed by atoms with Crippen LogP contribution < -0.4 is 5.32 Å². The number of alkyl halides is 2. The fraction of sp³-hybridized carbons (Fsp3) is 0.333. The minimum absolute atomic E-state index is 0.119. The molecule has 1 aliphatic carbocycles. The Labute approximate surface area is 117 Å². The van der Waals surface area contributed by atoms with Crippen molar-refractivity contribution in [1.29, 1.82) is 0 Å². The monoisotopic (exact) mass is 279 g/mol. The van der Waals surface area contributed by atoms with Crippen LogP contribution in [0.1, 0.15) is 17.0 Å². The highest BCUT2D eigenvalue weighted by Crippen LogP contribution is 2.51. The normalized spacial score (nSPS) is 18.7. The van der Waals surface area contributed by atoms with Crippen molar-refractivity contribution in [3.8, 4) is 0 Å². The molecule has 0 heterocycles. The van der Waals surface area contributed by atoms with Crippen LogP contribution in [0.4, 0.5) is 0 Å². The van der Waals surface area contributed by atoms with E-state index in [9.17, 15) is 0 Å². The van der Waals surface area contributed by atoms with Crippen molar-refractivity contribution in [3.63, 3.8) is 0 Å². The number of benzene rings is 2. The first-order chi connectivity index (χ1) is 8.83. The predicted octanol–water partition coefficient (Wildman–Crippen LogP) is 3.72. The van der Waals surface area contributed by atoms with Gasteiger partial charge in [0.1, 0.15) is 0 Å². The smallest absolute Gasteiger partial charge is 0.0570 e. The fourth-order valence-electron chi connectivity index (χ4n) is 2.64. The number of hydrogen-bond donors (Lipinski definition) is 1. The SMILES string of the molecule is ClCCNCC(Cl)C1c2ccc3ccccc3c21. The van der Waals surface area contributed by atoms with Crippen LogP contribution in [0.2, 0.25) is 0 Å². The van der Waals surface area contributed by atoms with Crippen LogP contribution >= 0.6 is 23.2 Å². The zero-order chi connectivity index (χ0) is 12.5. The number of rotatable bonds is 5. The molecule has 3 rings (SSSR count). The molecule has 0 saturated carbocycles. The van der Waals surface area contributed by atoms with Crippen LogP contribution in [0.25, 0.3) is 10.8 Å². The van der Waals surface area contributed by atoms with E-state index in [1.165, 1.54) is 21.9 Å². The quantitative estimate of drug-likeness (QED) is 0.650. The average Bonchev–Trinajstić information content (AvgIpc) is 3.14. The number of hydrogen-bond acceptors (Lipinski definition) is 1. The Hall–Kier alpha value is -0.760. The topological polar surface area (TPSA) is 12.0 Å². The number of nitrogens with one attached hydrogen (secondary N) is 1. The lowest BCUT2D eigenvalue weighted by atomic mass is 10.1. The second-order valence-corrected chi connectivity index (χ2v) is 5.61. The standard InChI is InChI=1S/C15H15Cl2N/c16-7-8-18-9-13(17)15-12-6-5-10-3-1-2-4-11(10)14(12)15/h1-6,13,15,18H,7-9H2. The van der Waals surface area contributed by atoms with Gasteiger partial charge in [-0.15, -0.1) is 23.2 Å². The van der Waals surface area contributed by atoms with Crippen LogP contribution in [0.15, 0.2) is 36.4 Å². The van der Waals surface area contributed by atoms with Gasteiger partial charge in [-0.1, -0.05) is 36.4 Å². The zero-order valence-corrected chi connectivity index (χ0v) is 11.5. The van der Waals surface area contributed by atoms with E-state index in [1.54, 1.807) is 0 Å². The maximum Gasteiger partial charge on any atom is 0.0570 e. The molecule has 94 valence electrons. The second-order valence-electron chi connectivity index (χ2n) is 4.68. The van der Waals surface area contributed by atoms with E-state index in [0.717, 1.165) is 13.1 Å². The van der Waals surface area contributed by atoms with Crippen molar-refractivity contribution in [2.75, 3.05) is 19.0 Å². The van der Waals surface area contributed by atoms with Crippen molar-refractivity contribution in [2.45, 2.75) is 11.3 Å². The maximum absolute atomic E-state index is 6.47. The Morgan fingerprint density at radius 3 is 2.83 bits per heavy atom. The van der Waals surface area contributed by atoms with Crippen LogP contribution in [-0.4, -0.2) is 24.3 Å². The van der Waals surface area contributed by atoms with Crippen molar-refractivity contribution in [3.05, 3.63) is 47.5 Å². The summed E-state index contributed by atoms with van der Waals surface area (Å²) in [4.78, 5) is 0. The lowest BCUT2D eigenvalue weighted by molar-refractivity contribution is 0.676. The molecule has 2 atom stereocenters. The van der Waals surface area contributed by atoms with Crippen molar-refractivity contribution < 1.29 is 0 Å². The zero-order valence-electron chi connectivity index (χ0n) is 10.00. The van der Waals surface area contributed by atoms with Crippen LogP contribution in [0.3, 0.4) is 0 Å². The van der Waals surface area contributed by atoms with Crippen LogP contribution in [0.5, 0.6) is 0 Å². The summed E-state index contributed by atoms with van der Waals surface area (Å²) < 4.78 is 0. The molecule has 0 saturated heterocycles. The Morgan fingerprint density at radius 1 is 1.17 bits per heavy atom. The van der Waals surface area contributed by atoms with Crippen LogP contribution in [-0.2, 0) is 0 Å². The molecule has 2 aromatic carbocycles. The Balaban J connectivity index is 1.79. The summed E-state index contributed by atoms with van der Waals surface area (Å²) in [6.45, 7) is 1.62. The molecule has 1 nitrogen and oxygen atoms in total. The molecule has 0 radical (unpaired) electrons. The lowest BCUT2D eigenvalue weighted by Crippen LogP contribution is -2.25. The lowest BCUT2D eigenvalue weighted by Gasteiger charge is -2.08. The van der Waals surface area contributed by atoms with E-state index >= 15 is 0 Å². The predicted molar refractivity (Wildman–Crippen MR) is 79.0 cm³/mol. The fourth-order valence-corrected chi connectivity index (χ4v) is 3.15. The van der Waals surface area contributed by atoms with E-state index in [-0.39, 0.29) is 5.38 Å². The summed E-state index contributed by atoms with van der Waals surface area (Å²) in [7, 11) is 0. The molecule has 0 amide bonds. The van der Waals surface area contributed by atoms with E-state index in [4.69, 9.17) is 23.2 Å².